The van der Waals surface area contributed by atoms with Gasteiger partial charge in [0.25, 0.3) is 11.8 Å². The number of hydrogen-bond acceptors (Lipinski definition) is 4. The van der Waals surface area contributed by atoms with Gasteiger partial charge in [0, 0.05) is 7.05 Å². The molecule has 0 unspecified atom stereocenters. The highest BCUT2D eigenvalue weighted by molar-refractivity contribution is 6.33. The van der Waals surface area contributed by atoms with Gasteiger partial charge in [0.2, 0.25) is 5.91 Å². The summed E-state index contributed by atoms with van der Waals surface area (Å²) in [6.07, 6.45) is -0.826. The SMILES string of the molecule is CNC(=O)[C@H]1CN(C(=O)CNC(=O)c2ccccc2Cl)c2ccccc2O1. The van der Waals surface area contributed by atoms with E-state index in [1.54, 1.807) is 48.5 Å². The normalized spacial score (nSPS) is 15.3. The highest BCUT2D eigenvalue weighted by atomic mass is 35.5. The maximum atomic E-state index is 12.7. The number of amides is 3. The van der Waals surface area contributed by atoms with Gasteiger partial charge in [0.1, 0.15) is 5.75 Å². The summed E-state index contributed by atoms with van der Waals surface area (Å²) in [4.78, 5) is 38.4. The van der Waals surface area contributed by atoms with Gasteiger partial charge in [-0.2, -0.15) is 0 Å². The molecule has 7 nitrogen and oxygen atoms in total. The van der Waals surface area contributed by atoms with Crippen LogP contribution in [0.25, 0.3) is 0 Å². The van der Waals surface area contributed by atoms with Crippen LogP contribution in [-0.2, 0) is 9.59 Å². The van der Waals surface area contributed by atoms with Gasteiger partial charge in [0.05, 0.1) is 29.4 Å². The Morgan fingerprint density at radius 3 is 2.59 bits per heavy atom. The number of nitrogens with one attached hydrogen (secondary N) is 2. The van der Waals surface area contributed by atoms with E-state index in [1.807, 2.05) is 0 Å². The first-order chi connectivity index (χ1) is 13.0. The molecule has 2 aromatic rings. The summed E-state index contributed by atoms with van der Waals surface area (Å²) in [6.45, 7) is -0.184. The van der Waals surface area contributed by atoms with E-state index in [9.17, 15) is 14.4 Å². The average Bonchev–Trinajstić information content (AvgIpc) is 2.70. The van der Waals surface area contributed by atoms with Gasteiger partial charge < -0.3 is 20.3 Å². The molecule has 1 aliphatic rings. The minimum absolute atomic E-state index is 0.0531. The van der Waals surface area contributed by atoms with Crippen molar-refractivity contribution in [3.05, 3.63) is 59.1 Å². The van der Waals surface area contributed by atoms with Crippen molar-refractivity contribution in [2.75, 3.05) is 25.0 Å². The van der Waals surface area contributed by atoms with Crippen molar-refractivity contribution in [1.29, 1.82) is 0 Å². The van der Waals surface area contributed by atoms with Crippen molar-refractivity contribution in [2.24, 2.45) is 0 Å². The Morgan fingerprint density at radius 2 is 1.85 bits per heavy atom. The van der Waals surface area contributed by atoms with Crippen molar-refractivity contribution in [3.8, 4) is 5.75 Å². The number of rotatable bonds is 4. The quantitative estimate of drug-likeness (QED) is 0.834. The molecule has 1 heterocycles. The van der Waals surface area contributed by atoms with E-state index in [0.29, 0.717) is 16.5 Å². The van der Waals surface area contributed by atoms with Gasteiger partial charge in [-0.05, 0) is 24.3 Å². The van der Waals surface area contributed by atoms with E-state index in [0.717, 1.165) is 0 Å². The summed E-state index contributed by atoms with van der Waals surface area (Å²) in [7, 11) is 1.50. The third kappa shape index (κ3) is 4.03. The minimum atomic E-state index is -0.826. The molecule has 0 saturated heterocycles. The number of hydrogen-bond donors (Lipinski definition) is 2. The van der Waals surface area contributed by atoms with Gasteiger partial charge in [0.15, 0.2) is 6.10 Å². The van der Waals surface area contributed by atoms with Crippen LogP contribution < -0.4 is 20.3 Å². The van der Waals surface area contributed by atoms with Crippen LogP contribution in [0.4, 0.5) is 5.69 Å². The molecule has 0 spiro atoms. The molecular formula is C19H18ClN3O4. The predicted molar refractivity (Wildman–Crippen MR) is 101 cm³/mol. The van der Waals surface area contributed by atoms with Crippen LogP contribution in [0.3, 0.4) is 0 Å². The zero-order valence-corrected chi connectivity index (χ0v) is 15.3. The van der Waals surface area contributed by atoms with Crippen LogP contribution >= 0.6 is 11.6 Å². The van der Waals surface area contributed by atoms with E-state index in [-0.39, 0.29) is 30.5 Å². The summed E-state index contributed by atoms with van der Waals surface area (Å²) in [5.41, 5.74) is 0.840. The zero-order chi connectivity index (χ0) is 19.4. The monoisotopic (exact) mass is 387 g/mol. The number of fused-ring (bicyclic) bond motifs is 1. The molecule has 0 fully saturated rings. The molecular weight excluding hydrogens is 370 g/mol. The lowest BCUT2D eigenvalue weighted by atomic mass is 10.1. The minimum Gasteiger partial charge on any atom is -0.477 e. The molecule has 1 atom stereocenters. The van der Waals surface area contributed by atoms with Crippen LogP contribution in [0.15, 0.2) is 48.5 Å². The first-order valence-electron chi connectivity index (χ1n) is 8.31. The summed E-state index contributed by atoms with van der Waals surface area (Å²) >= 11 is 6.00. The molecule has 0 aliphatic carbocycles. The maximum Gasteiger partial charge on any atom is 0.262 e. The molecule has 27 heavy (non-hydrogen) atoms. The molecule has 2 aromatic carbocycles. The molecule has 3 amide bonds. The van der Waals surface area contributed by atoms with Gasteiger partial charge in [-0.15, -0.1) is 0 Å². The van der Waals surface area contributed by atoms with E-state index < -0.39 is 12.0 Å². The first-order valence-corrected chi connectivity index (χ1v) is 8.69. The van der Waals surface area contributed by atoms with Gasteiger partial charge in [-0.1, -0.05) is 35.9 Å². The molecule has 140 valence electrons. The third-order valence-electron chi connectivity index (χ3n) is 4.13. The fourth-order valence-corrected chi connectivity index (χ4v) is 2.98. The average molecular weight is 388 g/mol. The Hall–Kier alpha value is -3.06. The number of para-hydroxylation sites is 2. The lowest BCUT2D eigenvalue weighted by molar-refractivity contribution is -0.127. The van der Waals surface area contributed by atoms with Crippen LogP contribution in [0, 0.1) is 0 Å². The molecule has 0 radical (unpaired) electrons. The van der Waals surface area contributed by atoms with Crippen molar-refractivity contribution < 1.29 is 19.1 Å². The summed E-state index contributed by atoms with van der Waals surface area (Å²) in [5.74, 6) is -0.705. The molecule has 1 aliphatic heterocycles. The van der Waals surface area contributed by atoms with Crippen LogP contribution in [-0.4, -0.2) is 44.0 Å². The van der Waals surface area contributed by atoms with E-state index in [4.69, 9.17) is 16.3 Å². The number of anilines is 1. The Bertz CT molecular complexity index is 887. The summed E-state index contributed by atoms with van der Waals surface area (Å²) in [5, 5.41) is 5.39. The first kappa shape index (κ1) is 18.7. The van der Waals surface area contributed by atoms with E-state index >= 15 is 0 Å². The van der Waals surface area contributed by atoms with Gasteiger partial charge in [-0.3, -0.25) is 14.4 Å². The van der Waals surface area contributed by atoms with Crippen LogP contribution in [0.5, 0.6) is 5.75 Å². The van der Waals surface area contributed by atoms with Crippen molar-refractivity contribution in [2.45, 2.75) is 6.10 Å². The smallest absolute Gasteiger partial charge is 0.262 e. The lowest BCUT2D eigenvalue weighted by Crippen LogP contribution is -2.52. The Kier molecular flexibility index (Phi) is 5.61. The molecule has 2 N–H and O–H groups in total. The Morgan fingerprint density at radius 1 is 1.15 bits per heavy atom. The van der Waals surface area contributed by atoms with Crippen LogP contribution in [0.2, 0.25) is 5.02 Å². The molecule has 3 rings (SSSR count). The highest BCUT2D eigenvalue weighted by Gasteiger charge is 2.33. The Labute approximate surface area is 161 Å². The molecule has 0 bridgehead atoms. The standard InChI is InChI=1S/C19H18ClN3O4/c1-21-19(26)16-11-23(14-8-4-5-9-15(14)27-16)17(24)10-22-18(25)12-6-2-3-7-13(12)20/h2-9,16H,10-11H2,1H3,(H,21,26)(H,22,25)/t16-/m1/s1. The number of benzene rings is 2. The van der Waals surface area contributed by atoms with Gasteiger partial charge in [-0.25, -0.2) is 0 Å². The number of nitrogens with zero attached hydrogens (tertiary/aromatic N) is 1. The summed E-state index contributed by atoms with van der Waals surface area (Å²) in [6, 6.07) is 13.5. The lowest BCUT2D eigenvalue weighted by Gasteiger charge is -2.34. The third-order valence-corrected chi connectivity index (χ3v) is 4.46. The number of carbonyl (C=O) groups is 3. The van der Waals surface area contributed by atoms with Crippen molar-refractivity contribution in [1.82, 2.24) is 10.6 Å². The van der Waals surface area contributed by atoms with Crippen molar-refractivity contribution >= 4 is 35.0 Å². The van der Waals surface area contributed by atoms with E-state index in [1.165, 1.54) is 11.9 Å². The van der Waals surface area contributed by atoms with E-state index in [2.05, 4.69) is 10.6 Å². The second kappa shape index (κ2) is 8.09. The molecule has 0 saturated carbocycles. The fourth-order valence-electron chi connectivity index (χ4n) is 2.76. The number of ether oxygens (including phenoxy) is 1. The largest absolute Gasteiger partial charge is 0.477 e. The zero-order valence-electron chi connectivity index (χ0n) is 14.6. The Balaban J connectivity index is 1.74. The fraction of sp³-hybridized carbons (Fsp3) is 0.211. The molecule has 8 heteroatoms. The van der Waals surface area contributed by atoms with Crippen molar-refractivity contribution in [3.63, 3.8) is 0 Å². The second-order valence-corrected chi connectivity index (χ2v) is 6.26. The summed E-state index contributed by atoms with van der Waals surface area (Å²) < 4.78 is 5.66. The highest BCUT2D eigenvalue weighted by Crippen LogP contribution is 2.33. The van der Waals surface area contributed by atoms with Crippen LogP contribution in [0.1, 0.15) is 10.4 Å². The number of halogens is 1. The molecule has 0 aromatic heterocycles. The maximum absolute atomic E-state index is 12.7. The second-order valence-electron chi connectivity index (χ2n) is 5.86. The topological polar surface area (TPSA) is 87.7 Å². The predicted octanol–water partition coefficient (Wildman–Crippen LogP) is 1.61. The number of carbonyl (C=O) groups excluding carboxylic acids is 3. The number of likely N-dealkylation sites (N-methyl/N-ethyl adjacent to an activating group) is 1. The van der Waals surface area contributed by atoms with Gasteiger partial charge >= 0.3 is 0 Å².